The highest BCUT2D eigenvalue weighted by Crippen LogP contribution is 2.24. The fraction of sp³-hybridized carbons (Fsp3) is 0.929. The number of hydrogen-bond donors (Lipinski definition) is 3. The molecule has 3 atom stereocenters. The van der Waals surface area contributed by atoms with Crippen molar-refractivity contribution in [3.05, 3.63) is 0 Å². The molecule has 1 saturated carbocycles. The number of nitrogens with one attached hydrogen (secondary N) is 1. The van der Waals surface area contributed by atoms with E-state index in [2.05, 4.69) is 5.32 Å². The summed E-state index contributed by atoms with van der Waals surface area (Å²) in [6.07, 6.45) is -2.90. The highest BCUT2D eigenvalue weighted by Gasteiger charge is 2.31. The summed E-state index contributed by atoms with van der Waals surface area (Å²) in [4.78, 5) is 13.1. The number of alkyl halides is 3. The fourth-order valence-electron chi connectivity index (χ4n) is 2.63. The van der Waals surface area contributed by atoms with Crippen molar-refractivity contribution in [1.29, 1.82) is 0 Å². The van der Waals surface area contributed by atoms with Crippen LogP contribution < -0.4 is 5.32 Å². The highest BCUT2D eigenvalue weighted by atomic mass is 19.4. The number of carbonyl (C=O) groups excluding carboxylic acids is 1. The molecule has 0 aromatic carbocycles. The number of aliphatic hydroxyl groups is 2. The molecule has 0 heterocycles. The van der Waals surface area contributed by atoms with Gasteiger partial charge in [0.15, 0.2) is 0 Å². The van der Waals surface area contributed by atoms with Crippen molar-refractivity contribution in [2.75, 3.05) is 19.7 Å². The molecule has 8 heteroatoms. The van der Waals surface area contributed by atoms with Gasteiger partial charge < -0.3 is 20.4 Å². The third kappa shape index (κ3) is 6.83. The van der Waals surface area contributed by atoms with Gasteiger partial charge in [0.05, 0.1) is 25.7 Å². The maximum absolute atomic E-state index is 12.3. The SMILES string of the molecule is CC1CCCCC1NC(=O)N(CCC(F)(F)F)C[C@H](O)CO. The van der Waals surface area contributed by atoms with Crippen LogP contribution in [0.4, 0.5) is 18.0 Å². The molecule has 0 aromatic heterocycles. The zero-order valence-corrected chi connectivity index (χ0v) is 12.8. The predicted molar refractivity (Wildman–Crippen MR) is 75.3 cm³/mol. The standard InChI is InChI=1S/C14H25F3N2O3/c1-10-4-2-3-5-12(10)18-13(22)19(8-11(21)9-20)7-6-14(15,16)17/h10-12,20-21H,2-9H2,1H3,(H,18,22)/t10?,11-,12?/m0/s1. The number of urea groups is 1. The van der Waals surface area contributed by atoms with Gasteiger partial charge in [-0.05, 0) is 18.8 Å². The summed E-state index contributed by atoms with van der Waals surface area (Å²) in [6, 6.07) is -0.670. The summed E-state index contributed by atoms with van der Waals surface area (Å²) in [7, 11) is 0. The van der Waals surface area contributed by atoms with E-state index < -0.39 is 37.9 Å². The van der Waals surface area contributed by atoms with Gasteiger partial charge in [0.1, 0.15) is 0 Å². The molecule has 1 aliphatic carbocycles. The smallest absolute Gasteiger partial charge is 0.390 e. The van der Waals surface area contributed by atoms with Crippen LogP contribution in [0.5, 0.6) is 0 Å². The van der Waals surface area contributed by atoms with Gasteiger partial charge in [-0.2, -0.15) is 13.2 Å². The Kier molecular flexibility index (Phi) is 7.41. The van der Waals surface area contributed by atoms with Crippen LogP contribution >= 0.6 is 0 Å². The predicted octanol–water partition coefficient (Wildman–Crippen LogP) is 1.88. The van der Waals surface area contributed by atoms with E-state index in [1.165, 1.54) is 0 Å². The molecule has 1 rings (SSSR count). The molecule has 1 fully saturated rings. The van der Waals surface area contributed by atoms with Crippen LogP contribution in [0.2, 0.25) is 0 Å². The van der Waals surface area contributed by atoms with E-state index in [-0.39, 0.29) is 18.5 Å². The molecule has 0 aromatic rings. The Bertz CT molecular complexity index is 353. The van der Waals surface area contributed by atoms with E-state index in [9.17, 15) is 23.1 Å². The van der Waals surface area contributed by atoms with Crippen molar-refractivity contribution in [1.82, 2.24) is 10.2 Å². The lowest BCUT2D eigenvalue weighted by Crippen LogP contribution is -2.51. The van der Waals surface area contributed by atoms with Crippen molar-refractivity contribution >= 4 is 6.03 Å². The molecule has 0 radical (unpaired) electrons. The van der Waals surface area contributed by atoms with E-state index >= 15 is 0 Å². The van der Waals surface area contributed by atoms with Gasteiger partial charge in [0.2, 0.25) is 0 Å². The monoisotopic (exact) mass is 326 g/mol. The molecular formula is C14H25F3N2O3. The molecule has 22 heavy (non-hydrogen) atoms. The maximum Gasteiger partial charge on any atom is 0.390 e. The third-order valence-corrected chi connectivity index (χ3v) is 4.01. The van der Waals surface area contributed by atoms with Crippen LogP contribution in [0.3, 0.4) is 0 Å². The Morgan fingerprint density at radius 3 is 2.55 bits per heavy atom. The van der Waals surface area contributed by atoms with E-state index in [0.29, 0.717) is 0 Å². The Morgan fingerprint density at radius 2 is 2.00 bits per heavy atom. The lowest BCUT2D eigenvalue weighted by molar-refractivity contribution is -0.137. The van der Waals surface area contributed by atoms with E-state index in [0.717, 1.165) is 30.6 Å². The van der Waals surface area contributed by atoms with Crippen LogP contribution in [0, 0.1) is 5.92 Å². The third-order valence-electron chi connectivity index (χ3n) is 4.01. The van der Waals surface area contributed by atoms with Crippen molar-refractivity contribution in [3.63, 3.8) is 0 Å². The largest absolute Gasteiger partial charge is 0.394 e. The molecule has 2 amide bonds. The Morgan fingerprint density at radius 1 is 1.36 bits per heavy atom. The number of aliphatic hydroxyl groups excluding tert-OH is 2. The Labute approximate surface area is 128 Å². The van der Waals surface area contributed by atoms with Gasteiger partial charge >= 0.3 is 12.2 Å². The molecule has 3 N–H and O–H groups in total. The quantitative estimate of drug-likeness (QED) is 0.698. The van der Waals surface area contributed by atoms with Crippen molar-refractivity contribution in [2.24, 2.45) is 5.92 Å². The van der Waals surface area contributed by atoms with Gasteiger partial charge in [-0.15, -0.1) is 0 Å². The lowest BCUT2D eigenvalue weighted by atomic mass is 9.86. The average molecular weight is 326 g/mol. The summed E-state index contributed by atoms with van der Waals surface area (Å²) in [5.41, 5.74) is 0. The molecule has 1 aliphatic rings. The number of nitrogens with zero attached hydrogens (tertiary/aromatic N) is 1. The first-order valence-electron chi connectivity index (χ1n) is 7.64. The van der Waals surface area contributed by atoms with E-state index in [1.807, 2.05) is 6.92 Å². The Hall–Kier alpha value is -1.02. The maximum atomic E-state index is 12.3. The van der Waals surface area contributed by atoms with Crippen LogP contribution in [0.25, 0.3) is 0 Å². The zero-order valence-electron chi connectivity index (χ0n) is 12.8. The highest BCUT2D eigenvalue weighted by molar-refractivity contribution is 5.74. The minimum absolute atomic E-state index is 0.0547. The first kappa shape index (κ1) is 19.0. The summed E-state index contributed by atoms with van der Waals surface area (Å²) in [5, 5.41) is 21.0. The molecular weight excluding hydrogens is 301 g/mol. The molecule has 0 spiro atoms. The summed E-state index contributed by atoms with van der Waals surface area (Å²) in [5.74, 6) is 0.282. The first-order chi connectivity index (χ1) is 10.2. The topological polar surface area (TPSA) is 72.8 Å². The second kappa shape index (κ2) is 8.57. The molecule has 130 valence electrons. The van der Waals surface area contributed by atoms with Gasteiger partial charge in [-0.25, -0.2) is 4.79 Å². The van der Waals surface area contributed by atoms with Crippen LogP contribution in [0.15, 0.2) is 0 Å². The summed E-state index contributed by atoms with van der Waals surface area (Å²) in [6.45, 7) is 0.551. The molecule has 0 aliphatic heterocycles. The van der Waals surface area contributed by atoms with Gasteiger partial charge in [-0.1, -0.05) is 19.8 Å². The van der Waals surface area contributed by atoms with Gasteiger partial charge in [0, 0.05) is 12.6 Å². The Balaban J connectivity index is 2.61. The van der Waals surface area contributed by atoms with Crippen LogP contribution in [-0.4, -0.2) is 59.2 Å². The first-order valence-corrected chi connectivity index (χ1v) is 7.64. The summed E-state index contributed by atoms with van der Waals surface area (Å²) < 4.78 is 37.0. The average Bonchev–Trinajstić information content (AvgIpc) is 2.44. The number of carbonyl (C=O) groups is 1. The molecule has 0 bridgehead atoms. The number of rotatable bonds is 6. The van der Waals surface area contributed by atoms with Crippen molar-refractivity contribution < 1.29 is 28.2 Å². The fourth-order valence-corrected chi connectivity index (χ4v) is 2.63. The van der Waals surface area contributed by atoms with Gasteiger partial charge in [-0.3, -0.25) is 0 Å². The van der Waals surface area contributed by atoms with Crippen molar-refractivity contribution in [2.45, 2.75) is 57.3 Å². The van der Waals surface area contributed by atoms with Gasteiger partial charge in [0.25, 0.3) is 0 Å². The lowest BCUT2D eigenvalue weighted by Gasteiger charge is -2.33. The minimum Gasteiger partial charge on any atom is -0.394 e. The minimum atomic E-state index is -4.37. The number of hydrogen-bond acceptors (Lipinski definition) is 3. The van der Waals surface area contributed by atoms with Crippen molar-refractivity contribution in [3.8, 4) is 0 Å². The molecule has 0 saturated heterocycles. The zero-order chi connectivity index (χ0) is 16.8. The number of halogens is 3. The second-order valence-corrected chi connectivity index (χ2v) is 5.97. The number of amides is 2. The van der Waals surface area contributed by atoms with E-state index in [1.54, 1.807) is 0 Å². The van der Waals surface area contributed by atoms with Crippen LogP contribution in [0.1, 0.15) is 39.0 Å². The molecule has 2 unspecified atom stereocenters. The summed E-state index contributed by atoms with van der Waals surface area (Å²) >= 11 is 0. The molecule has 5 nitrogen and oxygen atoms in total. The van der Waals surface area contributed by atoms with E-state index in [4.69, 9.17) is 5.11 Å². The van der Waals surface area contributed by atoms with Crippen LogP contribution in [-0.2, 0) is 0 Å². The normalized spacial score (nSPS) is 23.9. The second-order valence-electron chi connectivity index (χ2n) is 5.97.